The fraction of sp³-hybridized carbons (Fsp3) is 0.167. The van der Waals surface area contributed by atoms with Gasteiger partial charge < -0.3 is 15.2 Å². The molecule has 140 valence electrons. The highest BCUT2D eigenvalue weighted by molar-refractivity contribution is 6.07. The average molecular weight is 375 g/mol. The molecule has 0 unspecified atom stereocenters. The van der Waals surface area contributed by atoms with E-state index in [9.17, 15) is 23.5 Å². The van der Waals surface area contributed by atoms with Gasteiger partial charge in [0.15, 0.2) is 0 Å². The summed E-state index contributed by atoms with van der Waals surface area (Å²) in [4.78, 5) is 24.9. The molecule has 1 aliphatic heterocycles. The fourth-order valence-corrected chi connectivity index (χ4v) is 2.58. The fourth-order valence-electron chi connectivity index (χ4n) is 2.58. The number of aromatic hydroxyl groups is 1. The van der Waals surface area contributed by atoms with E-state index in [0.717, 1.165) is 0 Å². The van der Waals surface area contributed by atoms with Gasteiger partial charge in [-0.05, 0) is 54.4 Å². The van der Waals surface area contributed by atoms with E-state index in [1.165, 1.54) is 49.5 Å². The van der Waals surface area contributed by atoms with E-state index < -0.39 is 24.1 Å². The normalized spacial score (nSPS) is 19.8. The first-order valence-corrected chi connectivity index (χ1v) is 7.84. The van der Waals surface area contributed by atoms with E-state index in [0.29, 0.717) is 16.1 Å². The second kappa shape index (κ2) is 7.02. The Kier molecular flexibility index (Phi) is 4.76. The van der Waals surface area contributed by atoms with Gasteiger partial charge in [0.25, 0.3) is 5.91 Å². The number of carbonyl (C=O) groups is 2. The van der Waals surface area contributed by atoms with Gasteiger partial charge in [-0.1, -0.05) is 12.1 Å². The SMILES string of the molecule is C[C@@]1(c2ccc(OC(F)F)cc2)NC(=O)N(/N=C/c2ccc(O)cc2)C1=O. The van der Waals surface area contributed by atoms with Crippen molar-refractivity contribution in [3.05, 3.63) is 59.7 Å². The highest BCUT2D eigenvalue weighted by atomic mass is 19.3. The number of phenols is 1. The molecule has 1 heterocycles. The second-order valence-corrected chi connectivity index (χ2v) is 5.91. The Morgan fingerprint density at radius 2 is 1.78 bits per heavy atom. The molecule has 0 aromatic heterocycles. The highest BCUT2D eigenvalue weighted by Gasteiger charge is 2.49. The Morgan fingerprint density at radius 1 is 1.15 bits per heavy atom. The van der Waals surface area contributed by atoms with E-state index in [1.54, 1.807) is 12.1 Å². The van der Waals surface area contributed by atoms with Gasteiger partial charge in [-0.2, -0.15) is 13.9 Å². The monoisotopic (exact) mass is 375 g/mol. The lowest BCUT2D eigenvalue weighted by Crippen LogP contribution is -2.40. The molecule has 2 aromatic rings. The van der Waals surface area contributed by atoms with Crippen LogP contribution in [0.4, 0.5) is 13.6 Å². The van der Waals surface area contributed by atoms with Crippen LogP contribution in [0.2, 0.25) is 0 Å². The van der Waals surface area contributed by atoms with Gasteiger partial charge >= 0.3 is 12.6 Å². The smallest absolute Gasteiger partial charge is 0.387 e. The maximum Gasteiger partial charge on any atom is 0.387 e. The van der Waals surface area contributed by atoms with Crippen LogP contribution in [0.5, 0.6) is 11.5 Å². The minimum Gasteiger partial charge on any atom is -0.508 e. The quantitative estimate of drug-likeness (QED) is 0.621. The number of alkyl halides is 2. The number of ether oxygens (including phenoxy) is 1. The molecule has 7 nitrogen and oxygen atoms in total. The first kappa shape index (κ1) is 18.3. The van der Waals surface area contributed by atoms with Crippen LogP contribution in [0.3, 0.4) is 0 Å². The third kappa shape index (κ3) is 3.71. The van der Waals surface area contributed by atoms with Crippen LogP contribution in [-0.2, 0) is 10.3 Å². The lowest BCUT2D eigenvalue weighted by Gasteiger charge is -2.21. The summed E-state index contributed by atoms with van der Waals surface area (Å²) in [6.07, 6.45) is 1.31. The van der Waals surface area contributed by atoms with Gasteiger partial charge in [-0.25, -0.2) is 4.79 Å². The molecule has 0 aliphatic carbocycles. The summed E-state index contributed by atoms with van der Waals surface area (Å²) < 4.78 is 28.8. The third-order valence-corrected chi connectivity index (χ3v) is 4.04. The topological polar surface area (TPSA) is 91.2 Å². The van der Waals surface area contributed by atoms with E-state index in [2.05, 4.69) is 15.2 Å². The number of hydrogen-bond acceptors (Lipinski definition) is 5. The van der Waals surface area contributed by atoms with Crippen LogP contribution in [0.15, 0.2) is 53.6 Å². The number of hydrazone groups is 1. The number of phenolic OH excluding ortho intramolecular Hbond substituents is 1. The molecule has 1 fully saturated rings. The predicted octanol–water partition coefficient (Wildman–Crippen LogP) is 2.79. The van der Waals surface area contributed by atoms with Gasteiger partial charge in [0.2, 0.25) is 0 Å². The Balaban J connectivity index is 1.80. The van der Waals surface area contributed by atoms with Crippen molar-refractivity contribution in [3.8, 4) is 11.5 Å². The van der Waals surface area contributed by atoms with Gasteiger partial charge in [-0.3, -0.25) is 4.79 Å². The summed E-state index contributed by atoms with van der Waals surface area (Å²) in [6, 6.07) is 10.7. The van der Waals surface area contributed by atoms with Crippen molar-refractivity contribution >= 4 is 18.2 Å². The van der Waals surface area contributed by atoms with Crippen molar-refractivity contribution in [1.29, 1.82) is 0 Å². The molecular weight excluding hydrogens is 360 g/mol. The summed E-state index contributed by atoms with van der Waals surface area (Å²) in [7, 11) is 0. The molecule has 1 atom stereocenters. The molecule has 0 spiro atoms. The average Bonchev–Trinajstić information content (AvgIpc) is 2.84. The number of hydrogen-bond donors (Lipinski definition) is 2. The van der Waals surface area contributed by atoms with Crippen molar-refractivity contribution in [2.45, 2.75) is 19.1 Å². The largest absolute Gasteiger partial charge is 0.508 e. The molecule has 9 heteroatoms. The summed E-state index contributed by atoms with van der Waals surface area (Å²) in [5.74, 6) is -0.602. The first-order chi connectivity index (χ1) is 12.8. The van der Waals surface area contributed by atoms with E-state index in [1.807, 2.05) is 0 Å². The standard InChI is InChI=1S/C18H15F2N3O4/c1-18(12-4-8-14(9-5-12)27-16(19)20)15(25)23(17(26)22-18)21-10-11-2-6-13(24)7-3-11/h2-10,16,24H,1H3,(H,22,26)/b21-10+/t18-/m0/s1. The van der Waals surface area contributed by atoms with Crippen molar-refractivity contribution in [3.63, 3.8) is 0 Å². The second-order valence-electron chi connectivity index (χ2n) is 5.91. The van der Waals surface area contributed by atoms with Crippen LogP contribution >= 0.6 is 0 Å². The summed E-state index contributed by atoms with van der Waals surface area (Å²) in [5, 5.41) is 16.4. The molecule has 0 bridgehead atoms. The van der Waals surface area contributed by atoms with Gasteiger partial charge in [-0.15, -0.1) is 5.01 Å². The van der Waals surface area contributed by atoms with Crippen molar-refractivity contribution in [2.24, 2.45) is 5.10 Å². The number of imide groups is 1. The van der Waals surface area contributed by atoms with Crippen LogP contribution in [0, 0.1) is 0 Å². The van der Waals surface area contributed by atoms with Crippen molar-refractivity contribution in [2.75, 3.05) is 0 Å². The predicted molar refractivity (Wildman–Crippen MR) is 91.5 cm³/mol. The lowest BCUT2D eigenvalue weighted by molar-refractivity contribution is -0.131. The van der Waals surface area contributed by atoms with Gasteiger partial charge in [0, 0.05) is 0 Å². The number of carbonyl (C=O) groups excluding carboxylic acids is 2. The Bertz CT molecular complexity index is 884. The molecule has 3 amide bonds. The Morgan fingerprint density at radius 3 is 2.37 bits per heavy atom. The zero-order chi connectivity index (χ0) is 19.6. The number of rotatable bonds is 5. The summed E-state index contributed by atoms with van der Waals surface area (Å²) >= 11 is 0. The molecule has 1 saturated heterocycles. The van der Waals surface area contributed by atoms with Crippen molar-refractivity contribution in [1.82, 2.24) is 10.3 Å². The van der Waals surface area contributed by atoms with E-state index in [-0.39, 0.29) is 11.5 Å². The minimum atomic E-state index is -2.95. The number of benzene rings is 2. The lowest BCUT2D eigenvalue weighted by atomic mass is 9.92. The van der Waals surface area contributed by atoms with Crippen LogP contribution in [-0.4, -0.2) is 34.9 Å². The summed E-state index contributed by atoms with van der Waals surface area (Å²) in [5.41, 5.74) is -0.424. The maximum atomic E-state index is 12.7. The van der Waals surface area contributed by atoms with Gasteiger partial charge in [0.05, 0.1) is 6.21 Å². The molecule has 1 aliphatic rings. The van der Waals surface area contributed by atoms with Crippen molar-refractivity contribution < 1.29 is 28.2 Å². The summed E-state index contributed by atoms with van der Waals surface area (Å²) in [6.45, 7) is -1.46. The Hall–Kier alpha value is -3.49. The number of urea groups is 1. The van der Waals surface area contributed by atoms with Crippen LogP contribution in [0.25, 0.3) is 0 Å². The molecule has 3 rings (SSSR count). The minimum absolute atomic E-state index is 0.0590. The molecule has 0 saturated carbocycles. The van der Waals surface area contributed by atoms with E-state index in [4.69, 9.17) is 0 Å². The molecule has 27 heavy (non-hydrogen) atoms. The maximum absolute atomic E-state index is 12.7. The molecule has 2 aromatic carbocycles. The first-order valence-electron chi connectivity index (χ1n) is 7.84. The number of halogens is 2. The third-order valence-electron chi connectivity index (χ3n) is 4.04. The zero-order valence-corrected chi connectivity index (χ0v) is 14.1. The zero-order valence-electron chi connectivity index (χ0n) is 14.1. The van der Waals surface area contributed by atoms with E-state index >= 15 is 0 Å². The number of amides is 3. The Labute approximate surface area is 152 Å². The van der Waals surface area contributed by atoms with Crippen LogP contribution < -0.4 is 10.1 Å². The number of nitrogens with one attached hydrogen (secondary N) is 1. The highest BCUT2D eigenvalue weighted by Crippen LogP contribution is 2.30. The molecule has 2 N–H and O–H groups in total. The van der Waals surface area contributed by atoms with Gasteiger partial charge in [0.1, 0.15) is 17.0 Å². The van der Waals surface area contributed by atoms with Crippen LogP contribution in [0.1, 0.15) is 18.1 Å². The molecule has 0 radical (unpaired) electrons. The number of nitrogens with zero attached hydrogens (tertiary/aromatic N) is 2. The molecular formula is C18H15F2N3O4.